The summed E-state index contributed by atoms with van der Waals surface area (Å²) >= 11 is 0. The van der Waals surface area contributed by atoms with Crippen molar-refractivity contribution in [2.45, 2.75) is 26.3 Å². The van der Waals surface area contributed by atoms with Crippen LogP contribution < -0.4 is 21.5 Å². The van der Waals surface area contributed by atoms with Crippen molar-refractivity contribution in [1.29, 1.82) is 0 Å². The van der Waals surface area contributed by atoms with Gasteiger partial charge in [-0.05, 0) is 34.4 Å². The average Bonchev–Trinajstić information content (AvgIpc) is 2.88. The number of aromatic hydroxyl groups is 1. The van der Waals surface area contributed by atoms with Crippen LogP contribution >= 0.6 is 0 Å². The molecule has 0 fully saturated rings. The van der Waals surface area contributed by atoms with Crippen molar-refractivity contribution >= 4 is 39.5 Å². The Morgan fingerprint density at radius 1 is 0.892 bits per heavy atom. The highest BCUT2D eigenvalue weighted by Crippen LogP contribution is 2.32. The lowest BCUT2D eigenvalue weighted by Crippen LogP contribution is -2.43. The number of ketones is 1. The molecule has 0 aliphatic rings. The van der Waals surface area contributed by atoms with E-state index >= 15 is 0 Å². The molecule has 0 radical (unpaired) electrons. The number of para-hydroxylation sites is 1. The molecule has 8 heteroatoms. The number of nitrogens with zero attached hydrogens (tertiary/aromatic N) is 1. The Balaban J connectivity index is 1.60. The summed E-state index contributed by atoms with van der Waals surface area (Å²) < 4.78 is 0. The Labute approximate surface area is 214 Å². The Bertz CT molecular complexity index is 1560. The van der Waals surface area contributed by atoms with Crippen molar-refractivity contribution in [3.63, 3.8) is 0 Å². The minimum atomic E-state index is -0.768. The fraction of sp³-hybridized carbons (Fsp3) is 0.241. The van der Waals surface area contributed by atoms with Crippen LogP contribution in [0.1, 0.15) is 29.8 Å². The normalized spacial score (nSPS) is 12.0. The van der Waals surface area contributed by atoms with Gasteiger partial charge in [-0.2, -0.15) is 0 Å². The first-order chi connectivity index (χ1) is 17.6. The van der Waals surface area contributed by atoms with Crippen LogP contribution in [0.5, 0.6) is 5.75 Å². The maximum Gasteiger partial charge on any atom is 0.257 e. The van der Waals surface area contributed by atoms with E-state index in [2.05, 4.69) is 10.6 Å². The van der Waals surface area contributed by atoms with Gasteiger partial charge in [0.05, 0.1) is 17.3 Å². The van der Waals surface area contributed by atoms with E-state index in [0.29, 0.717) is 0 Å². The summed E-state index contributed by atoms with van der Waals surface area (Å²) in [6.07, 6.45) is 0.158. The van der Waals surface area contributed by atoms with Crippen LogP contribution in [0.3, 0.4) is 0 Å². The average molecular weight is 500 g/mol. The maximum absolute atomic E-state index is 13.4. The van der Waals surface area contributed by atoms with Crippen molar-refractivity contribution in [1.82, 2.24) is 4.90 Å². The number of carbonyl (C=O) groups is 2. The zero-order chi connectivity index (χ0) is 26.9. The molecule has 0 spiro atoms. The minimum absolute atomic E-state index is 0.0151. The lowest BCUT2D eigenvalue weighted by Gasteiger charge is -2.25. The largest absolute Gasteiger partial charge is 0.505 e. The Hall–Kier alpha value is -4.46. The summed E-state index contributed by atoms with van der Waals surface area (Å²) in [5.74, 6) is -1.04. The summed E-state index contributed by atoms with van der Waals surface area (Å²) in [6, 6.07) is 17.4. The van der Waals surface area contributed by atoms with Gasteiger partial charge in [-0.15, -0.1) is 0 Å². The highest BCUT2D eigenvalue weighted by molar-refractivity contribution is 5.99. The molecule has 0 bridgehead atoms. The van der Waals surface area contributed by atoms with Crippen LogP contribution in [-0.2, 0) is 11.2 Å². The number of fused-ring (bicyclic) bond motifs is 1. The molecule has 190 valence electrons. The molecule has 0 aliphatic carbocycles. The fourth-order valence-electron chi connectivity index (χ4n) is 4.36. The number of anilines is 3. The van der Waals surface area contributed by atoms with Crippen molar-refractivity contribution in [2.75, 3.05) is 24.7 Å². The molecule has 8 nitrogen and oxygen atoms in total. The number of hydrogen-bond donors (Lipinski definition) is 3. The summed E-state index contributed by atoms with van der Waals surface area (Å²) in [7, 11) is 3.11. The number of phenols is 1. The van der Waals surface area contributed by atoms with Crippen LogP contribution in [0, 0.1) is 5.92 Å². The quantitative estimate of drug-likeness (QED) is 0.237. The van der Waals surface area contributed by atoms with Gasteiger partial charge in [-0.1, -0.05) is 62.4 Å². The van der Waals surface area contributed by atoms with Gasteiger partial charge in [0.2, 0.25) is 0 Å². The molecule has 4 rings (SSSR count). The molecular weight excluding hydrogens is 470 g/mol. The van der Waals surface area contributed by atoms with E-state index < -0.39 is 22.8 Å². The molecule has 0 saturated carbocycles. The van der Waals surface area contributed by atoms with Crippen molar-refractivity contribution in [2.24, 2.45) is 5.92 Å². The van der Waals surface area contributed by atoms with E-state index in [9.17, 15) is 24.3 Å². The van der Waals surface area contributed by atoms with E-state index in [1.807, 2.05) is 56.3 Å². The number of hydrogen-bond acceptors (Lipinski definition) is 7. The Morgan fingerprint density at radius 3 is 2.24 bits per heavy atom. The van der Waals surface area contributed by atoms with Crippen LogP contribution in [-0.4, -0.2) is 41.8 Å². The summed E-state index contributed by atoms with van der Waals surface area (Å²) in [6.45, 7) is 3.72. The van der Waals surface area contributed by atoms with Crippen LogP contribution in [0.15, 0.2) is 70.3 Å². The lowest BCUT2D eigenvalue weighted by molar-refractivity contribution is -0.119. The van der Waals surface area contributed by atoms with Gasteiger partial charge < -0.3 is 20.6 Å². The molecule has 37 heavy (non-hydrogen) atoms. The molecule has 1 amide bonds. The molecule has 4 aromatic carbocycles. The number of phenolic OH excluding ortho intramolecular Hbond substituents is 1. The number of Topliss-reactive ketones (excluding diaryl/α,β-unsaturated/α-hetero) is 1. The Morgan fingerprint density at radius 2 is 1.54 bits per heavy atom. The van der Waals surface area contributed by atoms with Crippen molar-refractivity contribution in [3.8, 4) is 5.75 Å². The smallest absolute Gasteiger partial charge is 0.257 e. The predicted octanol–water partition coefficient (Wildman–Crippen LogP) is 3.84. The second kappa shape index (κ2) is 10.3. The van der Waals surface area contributed by atoms with Gasteiger partial charge in [0.1, 0.15) is 11.4 Å². The van der Waals surface area contributed by atoms with Crippen LogP contribution in [0.2, 0.25) is 0 Å². The highest BCUT2D eigenvalue weighted by atomic mass is 16.3. The SMILES string of the molecule is CC(C)[C@@H](Nc1c(Nc2cccc(C(=O)N(C)C)c2O)c(=O)c1=O)C(=O)Cc1cccc2ccccc12. The molecule has 3 N–H and O–H groups in total. The first kappa shape index (κ1) is 25.6. The highest BCUT2D eigenvalue weighted by Gasteiger charge is 2.29. The molecule has 0 aliphatic heterocycles. The number of carbonyl (C=O) groups excluding carboxylic acids is 2. The third-order valence-electron chi connectivity index (χ3n) is 6.40. The summed E-state index contributed by atoms with van der Waals surface area (Å²) in [4.78, 5) is 52.0. The predicted molar refractivity (Wildman–Crippen MR) is 146 cm³/mol. The van der Waals surface area contributed by atoms with Crippen LogP contribution in [0.25, 0.3) is 10.8 Å². The van der Waals surface area contributed by atoms with E-state index in [0.717, 1.165) is 16.3 Å². The lowest BCUT2D eigenvalue weighted by atomic mass is 9.92. The number of nitrogens with one attached hydrogen (secondary N) is 2. The van der Waals surface area contributed by atoms with Gasteiger partial charge in [0.15, 0.2) is 11.5 Å². The van der Waals surface area contributed by atoms with Gasteiger partial charge in [0, 0.05) is 20.5 Å². The van der Waals surface area contributed by atoms with Gasteiger partial charge in [0.25, 0.3) is 16.8 Å². The monoisotopic (exact) mass is 499 g/mol. The number of rotatable bonds is 9. The second-order valence-corrected chi connectivity index (χ2v) is 9.58. The third-order valence-corrected chi connectivity index (χ3v) is 6.40. The zero-order valence-electron chi connectivity index (χ0n) is 21.2. The van der Waals surface area contributed by atoms with Gasteiger partial charge in [-0.25, -0.2) is 0 Å². The van der Waals surface area contributed by atoms with E-state index in [1.54, 1.807) is 20.2 Å². The molecule has 1 atom stereocenters. The topological polar surface area (TPSA) is 116 Å². The molecular formula is C29H29N3O5. The molecule has 0 unspecified atom stereocenters. The Kier molecular flexibility index (Phi) is 7.11. The van der Waals surface area contributed by atoms with Gasteiger partial charge in [-0.3, -0.25) is 19.2 Å². The number of benzene rings is 3. The van der Waals surface area contributed by atoms with E-state index in [1.165, 1.54) is 17.0 Å². The van der Waals surface area contributed by atoms with E-state index in [-0.39, 0.29) is 46.5 Å². The minimum Gasteiger partial charge on any atom is -0.505 e. The van der Waals surface area contributed by atoms with Gasteiger partial charge >= 0.3 is 0 Å². The molecule has 0 heterocycles. The summed E-state index contributed by atoms with van der Waals surface area (Å²) in [5.41, 5.74) is -0.552. The standard InChI is InChI=1S/C29H29N3O5/c1-16(2)23(22(33)15-18-11-7-10-17-9-5-6-12-19(17)18)31-25-24(27(35)28(25)36)30-21-14-8-13-20(26(21)34)29(37)32(3)4/h5-14,16,23,30-31,34H,15H2,1-4H3/t23-/m1/s1. The van der Waals surface area contributed by atoms with E-state index in [4.69, 9.17) is 0 Å². The molecule has 0 saturated heterocycles. The van der Waals surface area contributed by atoms with Crippen molar-refractivity contribution < 1.29 is 14.7 Å². The second-order valence-electron chi connectivity index (χ2n) is 9.58. The van der Waals surface area contributed by atoms with Crippen LogP contribution in [0.4, 0.5) is 17.1 Å². The zero-order valence-corrected chi connectivity index (χ0v) is 21.2. The fourth-order valence-corrected chi connectivity index (χ4v) is 4.36. The third kappa shape index (κ3) is 4.95. The first-order valence-electron chi connectivity index (χ1n) is 12.0. The molecule has 4 aromatic rings. The molecule has 0 aromatic heterocycles. The first-order valence-corrected chi connectivity index (χ1v) is 12.0. The number of amides is 1. The van der Waals surface area contributed by atoms with Crippen molar-refractivity contribution in [3.05, 3.63) is 92.2 Å². The maximum atomic E-state index is 13.4. The summed E-state index contributed by atoms with van der Waals surface area (Å²) in [5, 5.41) is 18.4.